The summed E-state index contributed by atoms with van der Waals surface area (Å²) in [5.41, 5.74) is 2.81. The molecule has 22 heavy (non-hydrogen) atoms. The summed E-state index contributed by atoms with van der Waals surface area (Å²) in [7, 11) is 0. The summed E-state index contributed by atoms with van der Waals surface area (Å²) in [5.74, 6) is 2.56. The molecular weight excluding hydrogens is 268 g/mol. The molecule has 2 aliphatic heterocycles. The smallest absolute Gasteiger partial charge is 0.0777 e. The van der Waals surface area contributed by atoms with Crippen molar-refractivity contribution in [3.63, 3.8) is 0 Å². The quantitative estimate of drug-likeness (QED) is 0.537. The predicted molar refractivity (Wildman–Crippen MR) is 89.6 cm³/mol. The van der Waals surface area contributed by atoms with Gasteiger partial charge in [-0.15, -0.1) is 0 Å². The molecule has 122 valence electrons. The second kappa shape index (κ2) is 3.85. The molecule has 0 radical (unpaired) electrons. The van der Waals surface area contributed by atoms with Gasteiger partial charge in [-0.2, -0.15) is 0 Å². The van der Waals surface area contributed by atoms with Gasteiger partial charge in [-0.3, -0.25) is 0 Å². The summed E-state index contributed by atoms with van der Waals surface area (Å²) in [6.45, 7) is 12.0. The fourth-order valence-corrected chi connectivity index (χ4v) is 8.01. The summed E-state index contributed by atoms with van der Waals surface area (Å²) < 4.78 is 7.10. The van der Waals surface area contributed by atoms with Gasteiger partial charge in [0.2, 0.25) is 0 Å². The molecule has 2 heterocycles. The SMILES string of the molecule is C=C1CCC2C3CCC4C[C@]5(C)CC[C@]4(C)[C@]3(CC[C@]12C)O5. The molecule has 4 bridgehead atoms. The highest BCUT2D eigenvalue weighted by molar-refractivity contribution is 5.27. The number of hydrogen-bond donors (Lipinski definition) is 0. The van der Waals surface area contributed by atoms with E-state index < -0.39 is 0 Å². The third-order valence-electron chi connectivity index (χ3n) is 9.46. The zero-order valence-corrected chi connectivity index (χ0v) is 14.7. The van der Waals surface area contributed by atoms with Crippen molar-refractivity contribution in [3.8, 4) is 0 Å². The summed E-state index contributed by atoms with van der Waals surface area (Å²) in [4.78, 5) is 0. The van der Waals surface area contributed by atoms with Gasteiger partial charge in [0, 0.05) is 0 Å². The van der Waals surface area contributed by atoms with Crippen molar-refractivity contribution in [2.45, 2.75) is 89.8 Å². The van der Waals surface area contributed by atoms with E-state index in [1.165, 1.54) is 57.8 Å². The van der Waals surface area contributed by atoms with Crippen molar-refractivity contribution in [1.82, 2.24) is 0 Å². The molecule has 6 fully saturated rings. The van der Waals surface area contributed by atoms with Crippen molar-refractivity contribution in [2.75, 3.05) is 0 Å². The third-order valence-corrected chi connectivity index (χ3v) is 9.46. The van der Waals surface area contributed by atoms with Crippen LogP contribution >= 0.6 is 0 Å². The molecule has 0 aromatic carbocycles. The van der Waals surface area contributed by atoms with Crippen LogP contribution in [0.25, 0.3) is 0 Å². The first-order chi connectivity index (χ1) is 10.3. The molecule has 2 saturated heterocycles. The zero-order chi connectivity index (χ0) is 15.4. The Balaban J connectivity index is 1.63. The molecule has 4 saturated carbocycles. The first-order valence-corrected chi connectivity index (χ1v) is 9.72. The van der Waals surface area contributed by atoms with Crippen LogP contribution in [-0.2, 0) is 4.74 Å². The van der Waals surface area contributed by atoms with Gasteiger partial charge in [-0.05, 0) is 93.3 Å². The van der Waals surface area contributed by atoms with E-state index in [0.717, 1.165) is 17.8 Å². The highest BCUT2D eigenvalue weighted by Crippen LogP contribution is 2.74. The van der Waals surface area contributed by atoms with Gasteiger partial charge in [0.1, 0.15) is 0 Å². The minimum Gasteiger partial charge on any atom is -0.368 e. The summed E-state index contributed by atoms with van der Waals surface area (Å²) in [5, 5.41) is 0. The Hall–Kier alpha value is -0.300. The number of allylic oxidation sites excluding steroid dienone is 1. The molecule has 0 aromatic rings. The van der Waals surface area contributed by atoms with E-state index in [1.54, 1.807) is 5.57 Å². The van der Waals surface area contributed by atoms with Gasteiger partial charge in [0.25, 0.3) is 0 Å². The number of rotatable bonds is 0. The highest BCUT2D eigenvalue weighted by atomic mass is 16.5. The predicted octanol–water partition coefficient (Wildman–Crippen LogP) is 5.50. The molecule has 0 amide bonds. The van der Waals surface area contributed by atoms with Crippen molar-refractivity contribution in [2.24, 2.45) is 28.6 Å². The lowest BCUT2D eigenvalue weighted by atomic mass is 9.40. The van der Waals surface area contributed by atoms with E-state index >= 15 is 0 Å². The lowest BCUT2D eigenvalue weighted by Crippen LogP contribution is -2.73. The Morgan fingerprint density at radius 1 is 0.955 bits per heavy atom. The average molecular weight is 300 g/mol. The summed E-state index contributed by atoms with van der Waals surface area (Å²) in [6.07, 6.45) is 12.2. The van der Waals surface area contributed by atoms with Crippen LogP contribution < -0.4 is 0 Å². The van der Waals surface area contributed by atoms with Crippen LogP contribution in [0.4, 0.5) is 0 Å². The Kier molecular flexibility index (Phi) is 2.46. The van der Waals surface area contributed by atoms with Crippen LogP contribution in [0.15, 0.2) is 12.2 Å². The number of hydrogen-bond acceptors (Lipinski definition) is 1. The lowest BCUT2D eigenvalue weighted by molar-refractivity contribution is -0.358. The van der Waals surface area contributed by atoms with Gasteiger partial charge in [0.15, 0.2) is 0 Å². The van der Waals surface area contributed by atoms with Crippen molar-refractivity contribution >= 4 is 0 Å². The fraction of sp³-hybridized carbons (Fsp3) is 0.905. The normalized spacial score (nSPS) is 62.7. The molecule has 0 aromatic heterocycles. The highest BCUT2D eigenvalue weighted by Gasteiger charge is 2.72. The first kappa shape index (κ1) is 14.1. The maximum Gasteiger partial charge on any atom is 0.0777 e. The zero-order valence-electron chi connectivity index (χ0n) is 14.7. The molecule has 1 nitrogen and oxygen atoms in total. The van der Waals surface area contributed by atoms with E-state index in [0.29, 0.717) is 10.8 Å². The maximum atomic E-state index is 7.10. The minimum absolute atomic E-state index is 0.185. The van der Waals surface area contributed by atoms with E-state index in [1.807, 2.05) is 0 Å². The van der Waals surface area contributed by atoms with Crippen molar-refractivity contribution < 1.29 is 4.74 Å². The average Bonchev–Trinajstić information content (AvgIpc) is 2.76. The Morgan fingerprint density at radius 2 is 1.77 bits per heavy atom. The van der Waals surface area contributed by atoms with E-state index in [9.17, 15) is 0 Å². The fourth-order valence-electron chi connectivity index (χ4n) is 8.01. The van der Waals surface area contributed by atoms with Crippen LogP contribution in [0, 0.1) is 28.6 Å². The van der Waals surface area contributed by atoms with Crippen molar-refractivity contribution in [1.29, 1.82) is 0 Å². The molecule has 0 N–H and O–H groups in total. The van der Waals surface area contributed by atoms with Gasteiger partial charge in [-0.1, -0.05) is 26.0 Å². The minimum atomic E-state index is 0.185. The van der Waals surface area contributed by atoms with Crippen LogP contribution in [-0.4, -0.2) is 11.2 Å². The van der Waals surface area contributed by atoms with Crippen LogP contribution in [0.2, 0.25) is 0 Å². The largest absolute Gasteiger partial charge is 0.368 e. The van der Waals surface area contributed by atoms with Gasteiger partial charge in [0.05, 0.1) is 11.2 Å². The monoisotopic (exact) mass is 300 g/mol. The molecule has 6 rings (SSSR count). The second-order valence-corrected chi connectivity index (χ2v) is 10.1. The van der Waals surface area contributed by atoms with Crippen molar-refractivity contribution in [3.05, 3.63) is 12.2 Å². The number of ether oxygens (including phenoxy) is 1. The maximum absolute atomic E-state index is 7.10. The molecule has 1 heteroatoms. The molecule has 4 aliphatic carbocycles. The van der Waals surface area contributed by atoms with Crippen LogP contribution in [0.1, 0.15) is 78.6 Å². The van der Waals surface area contributed by atoms with Gasteiger partial charge in [-0.25, -0.2) is 0 Å². The third kappa shape index (κ3) is 1.34. The Labute approximate surface area is 135 Å². The van der Waals surface area contributed by atoms with E-state index in [2.05, 4.69) is 27.4 Å². The number of fused-ring (bicyclic) bond motifs is 3. The molecular formula is C21H32O. The van der Waals surface area contributed by atoms with Crippen LogP contribution in [0.3, 0.4) is 0 Å². The topological polar surface area (TPSA) is 9.23 Å². The Morgan fingerprint density at radius 3 is 2.59 bits per heavy atom. The second-order valence-electron chi connectivity index (χ2n) is 10.1. The van der Waals surface area contributed by atoms with E-state index in [-0.39, 0.29) is 11.2 Å². The van der Waals surface area contributed by atoms with Gasteiger partial charge >= 0.3 is 0 Å². The standard InChI is InChI=1S/C21H32O/c1-14-5-7-16-17-8-6-15-13-18(2)9-11-20(15,4)21(17,22-18)12-10-19(14,16)3/h15-17H,1,5-13H2,2-4H3/t15?,16?,17?,18-,19+,20-,21+/m0/s1. The van der Waals surface area contributed by atoms with Gasteiger partial charge < -0.3 is 4.74 Å². The Bertz CT molecular complexity index is 552. The lowest BCUT2D eigenvalue weighted by Gasteiger charge is -2.73. The first-order valence-electron chi connectivity index (χ1n) is 9.72. The molecule has 6 aliphatic rings. The van der Waals surface area contributed by atoms with Crippen LogP contribution in [0.5, 0.6) is 0 Å². The summed E-state index contributed by atoms with van der Waals surface area (Å²) in [6, 6.07) is 0. The summed E-state index contributed by atoms with van der Waals surface area (Å²) >= 11 is 0. The molecule has 3 unspecified atom stereocenters. The molecule has 7 atom stereocenters. The molecule has 1 spiro atoms. The van der Waals surface area contributed by atoms with E-state index in [4.69, 9.17) is 4.74 Å².